The first-order chi connectivity index (χ1) is 17.1. The summed E-state index contributed by atoms with van der Waals surface area (Å²) < 4.78 is 10.5. The molecular formula is C30H55N7O2. The van der Waals surface area contributed by atoms with Crippen molar-refractivity contribution in [1.29, 1.82) is 0 Å². The zero-order valence-electron chi connectivity index (χ0n) is 28.0. The highest BCUT2D eigenvalue weighted by atomic mass is 16.5. The number of aromatic nitrogens is 7. The van der Waals surface area contributed by atoms with E-state index >= 15 is 0 Å². The lowest BCUT2D eigenvalue weighted by Crippen LogP contribution is -2.25. The lowest BCUT2D eigenvalue weighted by Gasteiger charge is -2.16. The van der Waals surface area contributed by atoms with Crippen molar-refractivity contribution in [3.63, 3.8) is 0 Å². The fraction of sp³-hybridized carbons (Fsp3) is 0.800. The summed E-state index contributed by atoms with van der Waals surface area (Å²) in [7, 11) is 0. The third-order valence-corrected chi connectivity index (χ3v) is 5.44. The number of hydrogen-bond acceptors (Lipinski definition) is 8. The third-order valence-electron chi connectivity index (χ3n) is 5.44. The molecule has 9 heteroatoms. The van der Waals surface area contributed by atoms with Gasteiger partial charge in [-0.15, -0.1) is 10.2 Å². The molecule has 3 rings (SSSR count). The van der Waals surface area contributed by atoms with Crippen molar-refractivity contribution in [3.05, 3.63) is 35.1 Å². The van der Waals surface area contributed by atoms with Crippen LogP contribution in [0.3, 0.4) is 0 Å². The van der Waals surface area contributed by atoms with Gasteiger partial charge in [0.05, 0.1) is 11.2 Å². The molecule has 3 aromatic rings. The van der Waals surface area contributed by atoms with Crippen LogP contribution in [0.25, 0.3) is 0 Å². The summed E-state index contributed by atoms with van der Waals surface area (Å²) in [6, 6.07) is 2.06. The van der Waals surface area contributed by atoms with Gasteiger partial charge >= 0.3 is 0 Å². The van der Waals surface area contributed by atoms with E-state index in [1.807, 2.05) is 0 Å². The second kappa shape index (κ2) is 11.5. The Morgan fingerprint density at radius 1 is 0.564 bits per heavy atom. The predicted molar refractivity (Wildman–Crippen MR) is 157 cm³/mol. The average Bonchev–Trinajstić information content (AvgIpc) is 3.45. The van der Waals surface area contributed by atoms with Gasteiger partial charge in [-0.3, -0.25) is 0 Å². The minimum absolute atomic E-state index is 0.0243. The SMILES string of the molecule is CC(C)(C)c1cc(C(C)(C)C)on1.CC(C)(C)c1nnn(C(C)(C)C)n1.CC(C)(C)c1noc(C(C)(C)C)n1. The highest BCUT2D eigenvalue weighted by molar-refractivity contribution is 5.18. The fourth-order valence-electron chi connectivity index (χ4n) is 2.61. The van der Waals surface area contributed by atoms with Crippen molar-refractivity contribution in [1.82, 2.24) is 35.5 Å². The van der Waals surface area contributed by atoms with Crippen LogP contribution < -0.4 is 0 Å². The van der Waals surface area contributed by atoms with Crippen molar-refractivity contribution >= 4 is 0 Å². The molecule has 0 N–H and O–H groups in total. The van der Waals surface area contributed by atoms with Crippen molar-refractivity contribution in [2.75, 3.05) is 0 Å². The van der Waals surface area contributed by atoms with Gasteiger partial charge in [0.2, 0.25) is 5.89 Å². The maximum Gasteiger partial charge on any atom is 0.232 e. The fourth-order valence-corrected chi connectivity index (χ4v) is 2.61. The third kappa shape index (κ3) is 10.8. The number of tetrazole rings is 1. The van der Waals surface area contributed by atoms with Gasteiger partial charge in [0.25, 0.3) is 0 Å². The van der Waals surface area contributed by atoms with Crippen molar-refractivity contribution in [2.24, 2.45) is 0 Å². The van der Waals surface area contributed by atoms with Gasteiger partial charge in [0, 0.05) is 33.1 Å². The monoisotopic (exact) mass is 545 g/mol. The summed E-state index contributed by atoms with van der Waals surface area (Å²) >= 11 is 0. The molecule has 0 radical (unpaired) electrons. The van der Waals surface area contributed by atoms with Crippen LogP contribution >= 0.6 is 0 Å². The summed E-state index contributed by atoms with van der Waals surface area (Å²) in [5.74, 6) is 3.23. The van der Waals surface area contributed by atoms with Crippen LogP contribution in [0.15, 0.2) is 15.1 Å². The Balaban J connectivity index is 0.000000292. The van der Waals surface area contributed by atoms with Crippen LogP contribution in [0.4, 0.5) is 0 Å². The van der Waals surface area contributed by atoms with E-state index in [1.54, 1.807) is 4.80 Å². The highest BCUT2D eigenvalue weighted by Gasteiger charge is 2.27. The van der Waals surface area contributed by atoms with Crippen LogP contribution in [-0.2, 0) is 32.6 Å². The smallest absolute Gasteiger partial charge is 0.232 e. The Kier molecular flexibility index (Phi) is 10.2. The molecule has 0 amide bonds. The largest absolute Gasteiger partial charge is 0.361 e. The molecule has 3 aromatic heterocycles. The molecule has 0 bridgehead atoms. The quantitative estimate of drug-likeness (QED) is 0.283. The molecule has 0 fully saturated rings. The van der Waals surface area contributed by atoms with E-state index < -0.39 is 0 Å². The van der Waals surface area contributed by atoms with Crippen LogP contribution in [0.1, 0.15) is 154 Å². The lowest BCUT2D eigenvalue weighted by atomic mass is 9.88. The Morgan fingerprint density at radius 2 is 1.08 bits per heavy atom. The Bertz CT molecular complexity index is 927. The van der Waals surface area contributed by atoms with E-state index in [9.17, 15) is 0 Å². The summed E-state index contributed by atoms with van der Waals surface area (Å²) in [5, 5.41) is 20.5. The molecule has 9 nitrogen and oxygen atoms in total. The maximum atomic E-state index is 5.31. The molecule has 0 spiro atoms. The van der Waals surface area contributed by atoms with Crippen LogP contribution in [0, 0.1) is 0 Å². The van der Waals surface area contributed by atoms with Crippen molar-refractivity contribution in [2.45, 2.75) is 157 Å². The number of rotatable bonds is 0. The topological polar surface area (TPSA) is 109 Å². The molecule has 3 heterocycles. The molecule has 0 aromatic carbocycles. The van der Waals surface area contributed by atoms with Gasteiger partial charge in [0.1, 0.15) is 5.76 Å². The van der Waals surface area contributed by atoms with E-state index in [0.29, 0.717) is 5.89 Å². The number of hydrogen-bond donors (Lipinski definition) is 0. The predicted octanol–water partition coefficient (Wildman–Crippen LogP) is 7.66. The second-order valence-electron chi connectivity index (χ2n) is 16.3. The summed E-state index contributed by atoms with van der Waals surface area (Å²) in [4.78, 5) is 6.04. The van der Waals surface area contributed by atoms with E-state index in [-0.39, 0.29) is 32.6 Å². The normalized spacial score (nSPS) is 13.4. The summed E-state index contributed by atoms with van der Waals surface area (Å²) in [5.41, 5.74) is 0.949. The molecular weight excluding hydrogens is 490 g/mol. The lowest BCUT2D eigenvalue weighted by molar-refractivity contribution is 0.303. The van der Waals surface area contributed by atoms with Crippen molar-refractivity contribution < 1.29 is 9.05 Å². The van der Waals surface area contributed by atoms with E-state index in [4.69, 9.17) is 9.05 Å². The number of nitrogens with zero attached hydrogens (tertiary/aromatic N) is 7. The molecule has 0 aliphatic carbocycles. The van der Waals surface area contributed by atoms with E-state index in [2.05, 4.69) is 161 Å². The van der Waals surface area contributed by atoms with Gasteiger partial charge in [-0.1, -0.05) is 114 Å². The van der Waals surface area contributed by atoms with Gasteiger partial charge in [-0.2, -0.15) is 9.78 Å². The van der Waals surface area contributed by atoms with E-state index in [1.165, 1.54) is 0 Å². The molecule has 222 valence electrons. The Morgan fingerprint density at radius 3 is 1.31 bits per heavy atom. The van der Waals surface area contributed by atoms with Gasteiger partial charge < -0.3 is 9.05 Å². The molecule has 0 aliphatic heterocycles. The molecule has 0 saturated carbocycles. The highest BCUT2D eigenvalue weighted by Crippen LogP contribution is 2.28. The standard InChI is InChI=1S/C11H19NO.C10H18N2O.C9H18N4/c1-10(2,3)8-7-9(13-12-8)11(4,5)6;1-9(2,3)7-11-8(13-12-7)10(4,5)6;1-8(2,3)7-10-12-13(11-7)9(4,5)6/h7H,1-6H3;2*1-6H3. The zero-order chi connectivity index (χ0) is 30.8. The van der Waals surface area contributed by atoms with Crippen LogP contribution in [0.2, 0.25) is 0 Å². The zero-order valence-corrected chi connectivity index (χ0v) is 28.0. The Hall–Kier alpha value is -2.58. The minimum Gasteiger partial charge on any atom is -0.361 e. The van der Waals surface area contributed by atoms with E-state index in [0.717, 1.165) is 23.1 Å². The first-order valence-corrected chi connectivity index (χ1v) is 13.8. The molecule has 39 heavy (non-hydrogen) atoms. The maximum absolute atomic E-state index is 5.31. The molecule has 0 unspecified atom stereocenters. The average molecular weight is 546 g/mol. The van der Waals surface area contributed by atoms with Gasteiger partial charge in [-0.05, 0) is 26.0 Å². The van der Waals surface area contributed by atoms with Gasteiger partial charge in [0.15, 0.2) is 11.6 Å². The molecule has 0 atom stereocenters. The molecule has 0 saturated heterocycles. The summed E-state index contributed by atoms with van der Waals surface area (Å²) in [6.45, 7) is 37.6. The van der Waals surface area contributed by atoms with Crippen molar-refractivity contribution in [3.8, 4) is 0 Å². The molecule has 0 aliphatic rings. The van der Waals surface area contributed by atoms with Crippen LogP contribution in [0.5, 0.6) is 0 Å². The van der Waals surface area contributed by atoms with Crippen LogP contribution in [-0.4, -0.2) is 35.5 Å². The Labute approximate surface area is 236 Å². The van der Waals surface area contributed by atoms with Gasteiger partial charge in [-0.25, -0.2) is 0 Å². The first kappa shape index (κ1) is 34.4. The minimum atomic E-state index is -0.0868. The second-order valence-corrected chi connectivity index (χ2v) is 16.3. The summed E-state index contributed by atoms with van der Waals surface area (Å²) in [6.07, 6.45) is 0. The first-order valence-electron chi connectivity index (χ1n) is 13.8.